The molecule has 0 atom stereocenters. The van der Waals surface area contributed by atoms with Crippen LogP contribution in [-0.2, 0) is 19.3 Å². The number of hydrogen-bond donors (Lipinski definition) is 0. The lowest BCUT2D eigenvalue weighted by Gasteiger charge is -2.18. The summed E-state index contributed by atoms with van der Waals surface area (Å²) in [6.45, 7) is 2.29. The summed E-state index contributed by atoms with van der Waals surface area (Å²) in [6, 6.07) is 29.6. The molecule has 0 amide bonds. The maximum atomic E-state index is 2.39. The zero-order chi connectivity index (χ0) is 19.4. The van der Waals surface area contributed by atoms with Crippen molar-refractivity contribution in [2.75, 3.05) is 0 Å². The fourth-order valence-corrected chi connectivity index (χ4v) is 5.44. The Balaban J connectivity index is 1.65. The number of aryl methyl sites for hydroxylation is 1. The minimum Gasteiger partial charge on any atom is -0.0651 e. The molecule has 6 rings (SSSR count). The average molecular weight is 373 g/mol. The zero-order valence-corrected chi connectivity index (χ0v) is 16.8. The Morgan fingerprint density at radius 1 is 0.552 bits per heavy atom. The van der Waals surface area contributed by atoms with Gasteiger partial charge in [0.15, 0.2) is 0 Å². The lowest BCUT2D eigenvalue weighted by molar-refractivity contribution is 0.923. The van der Waals surface area contributed by atoms with Crippen LogP contribution in [0.3, 0.4) is 0 Å². The van der Waals surface area contributed by atoms with Crippen molar-refractivity contribution >= 4 is 0 Å². The first-order chi connectivity index (χ1) is 14.3. The van der Waals surface area contributed by atoms with E-state index >= 15 is 0 Å². The van der Waals surface area contributed by atoms with Crippen molar-refractivity contribution in [3.05, 3.63) is 107 Å². The van der Waals surface area contributed by atoms with Crippen LogP contribution in [0.15, 0.2) is 78.9 Å². The Morgan fingerprint density at radius 3 is 2.07 bits per heavy atom. The minimum absolute atomic E-state index is 1.04. The summed E-state index contributed by atoms with van der Waals surface area (Å²) in [5.74, 6) is 0. The van der Waals surface area contributed by atoms with Crippen molar-refractivity contribution in [1.29, 1.82) is 0 Å². The smallest absolute Gasteiger partial charge is 0.000728 e. The molecule has 0 aliphatic heterocycles. The molecule has 29 heavy (non-hydrogen) atoms. The Kier molecular flexibility index (Phi) is 3.74. The van der Waals surface area contributed by atoms with E-state index in [2.05, 4.69) is 85.8 Å². The molecule has 0 radical (unpaired) electrons. The van der Waals surface area contributed by atoms with E-state index < -0.39 is 0 Å². The minimum atomic E-state index is 1.04. The Bertz CT molecular complexity index is 1260. The summed E-state index contributed by atoms with van der Waals surface area (Å²) in [6.07, 6.45) is 4.39. The summed E-state index contributed by atoms with van der Waals surface area (Å²) >= 11 is 0. The quantitative estimate of drug-likeness (QED) is 0.303. The van der Waals surface area contributed by atoms with Crippen molar-refractivity contribution < 1.29 is 0 Å². The summed E-state index contributed by atoms with van der Waals surface area (Å²) in [5, 5.41) is 0. The number of fused-ring (bicyclic) bond motifs is 6. The predicted octanol–water partition coefficient (Wildman–Crippen LogP) is 7.45. The van der Waals surface area contributed by atoms with E-state index in [1.54, 1.807) is 0 Å². The van der Waals surface area contributed by atoms with Gasteiger partial charge in [0.1, 0.15) is 0 Å². The van der Waals surface area contributed by atoms with Gasteiger partial charge in [-0.05, 0) is 80.5 Å². The Hall–Kier alpha value is -3.12. The third-order valence-electron chi connectivity index (χ3n) is 6.68. The van der Waals surface area contributed by atoms with Gasteiger partial charge in [-0.2, -0.15) is 0 Å². The van der Waals surface area contributed by atoms with Crippen LogP contribution in [0.1, 0.15) is 41.2 Å². The van der Waals surface area contributed by atoms with Crippen LogP contribution in [0.2, 0.25) is 0 Å². The molecule has 4 aromatic carbocycles. The third kappa shape index (κ3) is 2.45. The van der Waals surface area contributed by atoms with E-state index in [1.165, 1.54) is 67.6 Å². The van der Waals surface area contributed by atoms with Crippen molar-refractivity contribution in [3.63, 3.8) is 0 Å². The maximum absolute atomic E-state index is 2.39. The van der Waals surface area contributed by atoms with Crippen molar-refractivity contribution in [1.82, 2.24) is 0 Å². The first-order valence-electron chi connectivity index (χ1n) is 10.8. The molecule has 0 nitrogen and oxygen atoms in total. The summed E-state index contributed by atoms with van der Waals surface area (Å²) in [5.41, 5.74) is 16.1. The highest BCUT2D eigenvalue weighted by Gasteiger charge is 2.27. The van der Waals surface area contributed by atoms with Gasteiger partial charge in [-0.15, -0.1) is 0 Å². The first kappa shape index (κ1) is 16.8. The van der Waals surface area contributed by atoms with Gasteiger partial charge in [-0.1, -0.05) is 92.2 Å². The lowest BCUT2D eigenvalue weighted by atomic mass is 9.85. The van der Waals surface area contributed by atoms with Crippen LogP contribution in [0.5, 0.6) is 0 Å². The molecule has 2 aliphatic carbocycles. The molecule has 4 aromatic rings. The summed E-state index contributed by atoms with van der Waals surface area (Å²) in [4.78, 5) is 0. The number of hydrogen-bond acceptors (Lipinski definition) is 0. The van der Waals surface area contributed by atoms with E-state index in [4.69, 9.17) is 0 Å². The summed E-state index contributed by atoms with van der Waals surface area (Å²) in [7, 11) is 0. The average Bonchev–Trinajstić information content (AvgIpc) is 3.32. The van der Waals surface area contributed by atoms with E-state index in [0.717, 1.165) is 19.3 Å². The molecule has 0 heterocycles. The van der Waals surface area contributed by atoms with Crippen LogP contribution in [-0.4, -0.2) is 0 Å². The predicted molar refractivity (Wildman–Crippen MR) is 122 cm³/mol. The van der Waals surface area contributed by atoms with Crippen molar-refractivity contribution in [2.24, 2.45) is 0 Å². The second kappa shape index (κ2) is 6.46. The molecule has 140 valence electrons. The van der Waals surface area contributed by atoms with Gasteiger partial charge in [0.2, 0.25) is 0 Å². The maximum Gasteiger partial charge on any atom is -0.000728 e. The van der Waals surface area contributed by atoms with Crippen molar-refractivity contribution in [2.45, 2.75) is 32.6 Å². The summed E-state index contributed by atoms with van der Waals surface area (Å²) < 4.78 is 0. The van der Waals surface area contributed by atoms with E-state index in [0.29, 0.717) is 0 Å². The fourth-order valence-electron chi connectivity index (χ4n) is 5.44. The molecule has 0 spiro atoms. The molecule has 0 unspecified atom stereocenters. The monoisotopic (exact) mass is 372 g/mol. The lowest BCUT2D eigenvalue weighted by Crippen LogP contribution is -1.97. The third-order valence-corrected chi connectivity index (χ3v) is 6.68. The van der Waals surface area contributed by atoms with E-state index in [-0.39, 0.29) is 0 Å². The Morgan fingerprint density at radius 2 is 1.24 bits per heavy atom. The molecule has 0 heteroatoms. The SMILES string of the molecule is CCCc1ccc2c(c1-c1cccc3c1Cc1ccccc1-3)-c1ccccc1C2. The van der Waals surface area contributed by atoms with Crippen LogP contribution in [0.25, 0.3) is 33.4 Å². The van der Waals surface area contributed by atoms with Gasteiger partial charge in [0.05, 0.1) is 0 Å². The van der Waals surface area contributed by atoms with Crippen molar-refractivity contribution in [3.8, 4) is 33.4 Å². The van der Waals surface area contributed by atoms with Crippen LogP contribution < -0.4 is 0 Å². The molecule has 0 saturated heterocycles. The highest BCUT2D eigenvalue weighted by Crippen LogP contribution is 2.49. The number of rotatable bonds is 3. The number of benzene rings is 4. The van der Waals surface area contributed by atoms with Gasteiger partial charge in [-0.25, -0.2) is 0 Å². The molecule has 0 saturated carbocycles. The largest absolute Gasteiger partial charge is 0.0651 e. The van der Waals surface area contributed by atoms with Gasteiger partial charge in [0.25, 0.3) is 0 Å². The first-order valence-corrected chi connectivity index (χ1v) is 10.8. The standard InChI is InChI=1S/C29H24/c1-2-8-19-15-16-22-17-20-9-4-6-12-24(20)29(22)28(19)26-14-7-13-25-23-11-5-3-10-21(23)18-27(25)26/h3-7,9-16H,2,8,17-18H2,1H3. The molecule has 0 fully saturated rings. The second-order valence-electron chi connectivity index (χ2n) is 8.38. The second-order valence-corrected chi connectivity index (χ2v) is 8.38. The highest BCUT2D eigenvalue weighted by atomic mass is 14.3. The van der Waals surface area contributed by atoms with Gasteiger partial charge < -0.3 is 0 Å². The Labute approximate surface area is 172 Å². The normalized spacial score (nSPS) is 13.0. The molecule has 0 N–H and O–H groups in total. The molecule has 2 aliphatic rings. The fraction of sp³-hybridized carbons (Fsp3) is 0.172. The van der Waals surface area contributed by atoms with E-state index in [9.17, 15) is 0 Å². The van der Waals surface area contributed by atoms with E-state index in [1.807, 2.05) is 0 Å². The van der Waals surface area contributed by atoms with Crippen LogP contribution in [0.4, 0.5) is 0 Å². The van der Waals surface area contributed by atoms with Crippen LogP contribution >= 0.6 is 0 Å². The topological polar surface area (TPSA) is 0 Å². The molecule has 0 aromatic heterocycles. The highest BCUT2D eigenvalue weighted by molar-refractivity contribution is 5.95. The molecule has 0 bridgehead atoms. The van der Waals surface area contributed by atoms with Crippen LogP contribution in [0, 0.1) is 0 Å². The van der Waals surface area contributed by atoms with Gasteiger partial charge in [0, 0.05) is 0 Å². The zero-order valence-electron chi connectivity index (χ0n) is 16.8. The van der Waals surface area contributed by atoms with Gasteiger partial charge in [-0.3, -0.25) is 0 Å². The molecular formula is C29H24. The molecular weight excluding hydrogens is 348 g/mol. The van der Waals surface area contributed by atoms with Gasteiger partial charge >= 0.3 is 0 Å².